The molecule has 12 bridgehead atoms. The normalized spacial score (nSPS) is 32.0. The van der Waals surface area contributed by atoms with Gasteiger partial charge in [0.05, 0.1) is 45.8 Å². The molecule has 13 heterocycles. The second-order valence-corrected chi connectivity index (χ2v) is 50.6. The highest BCUT2D eigenvalue weighted by Gasteiger charge is 2.68. The highest BCUT2D eigenvalue weighted by Crippen LogP contribution is 2.68. The van der Waals surface area contributed by atoms with Gasteiger partial charge in [0, 0.05) is 136 Å². The Labute approximate surface area is 857 Å². The number of furan rings is 6. The maximum absolute atomic E-state index is 6.43. The SMILES string of the molecule is Cc1ccc2c(oc3ccccc32)c1N1C2CCC([C@@H]1C)C2(C)C.Cc1ccc2c(oc3ccccc32)c1N1[C@@H](C)C2(C)CC1(C)C(C)C2C.Cc1ccc2c(oc3ccccc32)c1N1[C@@H](C)C2(C)CC1(C)CC2C.Cc1ccc2c(oc3ccccc32)c1N1[C@@H](C)C2(C)CCC1(C)C2.Cc1ccc2c(oc3ccccc32)c1N1[C@@H](C)C2CCC1(C)C2.Cc1ccc2c(oc3ccccc32)c1N1[C@@H](C)N2CCC1(C)C2. The van der Waals surface area contributed by atoms with Crippen molar-refractivity contribution in [3.8, 4) is 0 Å². The predicted molar refractivity (Wildman–Crippen MR) is 608 cm³/mol. The first-order valence-electron chi connectivity index (χ1n) is 55.2. The quantitative estimate of drug-likeness (QED) is 0.158. The molecule has 12 fully saturated rings. The van der Waals surface area contributed by atoms with Gasteiger partial charge in [-0.2, -0.15) is 0 Å². The van der Waals surface area contributed by atoms with E-state index in [2.05, 4.69) is 420 Å². The first-order chi connectivity index (χ1) is 69.2. The third kappa shape index (κ3) is 13.5. The molecule has 5 saturated carbocycles. The van der Waals surface area contributed by atoms with E-state index in [1.54, 1.807) is 0 Å². The minimum Gasteiger partial charge on any atom is -0.454 e. The molecular weight excluding hydrogens is 1780 g/mol. The van der Waals surface area contributed by atoms with E-state index in [0.29, 0.717) is 75.5 Å². The van der Waals surface area contributed by atoms with Crippen LogP contribution in [0.4, 0.5) is 34.1 Å². The van der Waals surface area contributed by atoms with E-state index < -0.39 is 0 Å². The Hall–Kier alpha value is -11.8. The summed E-state index contributed by atoms with van der Waals surface area (Å²) in [7, 11) is 0. The van der Waals surface area contributed by atoms with Crippen LogP contribution in [-0.4, -0.2) is 88.1 Å². The van der Waals surface area contributed by atoms with Crippen LogP contribution in [0.1, 0.15) is 242 Å². The summed E-state index contributed by atoms with van der Waals surface area (Å²) in [5.41, 5.74) is 30.9. The van der Waals surface area contributed by atoms with Gasteiger partial charge >= 0.3 is 0 Å². The van der Waals surface area contributed by atoms with Crippen LogP contribution in [0.5, 0.6) is 0 Å². The maximum atomic E-state index is 6.43. The molecule has 13 nitrogen and oxygen atoms in total. The van der Waals surface area contributed by atoms with Crippen LogP contribution < -0.4 is 29.4 Å². The van der Waals surface area contributed by atoms with Gasteiger partial charge in [-0.05, 0) is 316 Å². The Bertz CT molecular complexity index is 8130. The first-order valence-corrected chi connectivity index (χ1v) is 55.2. The number of anilines is 6. The number of piperidine rings is 5. The largest absolute Gasteiger partial charge is 0.454 e. The molecular formula is C132H151N7O6. The third-order valence-corrected chi connectivity index (χ3v) is 42.1. The molecule has 15 unspecified atom stereocenters. The van der Waals surface area contributed by atoms with Gasteiger partial charge in [-0.3, -0.25) is 4.90 Å². The lowest BCUT2D eigenvalue weighted by molar-refractivity contribution is 0.148. The molecule has 6 aromatic heterocycles. The van der Waals surface area contributed by atoms with E-state index in [1.165, 1.54) is 216 Å². The smallest absolute Gasteiger partial charge is 0.159 e. The lowest BCUT2D eigenvalue weighted by Crippen LogP contribution is -2.56. The van der Waals surface area contributed by atoms with Crippen LogP contribution in [-0.2, 0) is 0 Å². The molecule has 145 heavy (non-hydrogen) atoms. The topological polar surface area (TPSA) is 102 Å². The third-order valence-electron chi connectivity index (χ3n) is 42.1. The Balaban J connectivity index is 0.0000000909. The number of para-hydroxylation sites is 6. The van der Waals surface area contributed by atoms with Gasteiger partial charge in [-0.15, -0.1) is 0 Å². The molecule has 750 valence electrons. The van der Waals surface area contributed by atoms with E-state index in [0.717, 1.165) is 97.2 Å². The Kier molecular flexibility index (Phi) is 21.3. The minimum atomic E-state index is 0.186. The van der Waals surface area contributed by atoms with Crippen molar-refractivity contribution in [3.63, 3.8) is 0 Å². The van der Waals surface area contributed by atoms with E-state index in [4.69, 9.17) is 26.5 Å². The summed E-state index contributed by atoms with van der Waals surface area (Å²) in [6, 6.07) is 80.7. The average molecular weight is 1930 g/mol. The molecule has 13 heteroatoms. The fourth-order valence-corrected chi connectivity index (χ4v) is 33.8. The number of hydrogen-bond donors (Lipinski definition) is 0. The van der Waals surface area contributed by atoms with Crippen molar-refractivity contribution in [2.75, 3.05) is 42.5 Å². The Morgan fingerprint density at radius 2 is 0.648 bits per heavy atom. The summed E-state index contributed by atoms with van der Waals surface area (Å²) < 4.78 is 38.2. The summed E-state index contributed by atoms with van der Waals surface area (Å²) in [6.45, 7) is 62.1. The van der Waals surface area contributed by atoms with E-state index in [-0.39, 0.29) is 22.2 Å². The summed E-state index contributed by atoms with van der Waals surface area (Å²) in [5, 5.41) is 14.8. The fraction of sp³-hybridized carbons (Fsp3) is 0.455. The van der Waals surface area contributed by atoms with Crippen molar-refractivity contribution in [1.29, 1.82) is 0 Å². The summed E-state index contributed by atoms with van der Waals surface area (Å²) >= 11 is 0. The lowest BCUT2D eigenvalue weighted by Gasteiger charge is -2.51. The Morgan fingerprint density at radius 3 is 0.993 bits per heavy atom. The maximum Gasteiger partial charge on any atom is 0.159 e. The van der Waals surface area contributed by atoms with Crippen LogP contribution in [0.15, 0.2) is 245 Å². The van der Waals surface area contributed by atoms with Crippen molar-refractivity contribution in [3.05, 3.63) is 252 Å². The molecule has 12 aromatic carbocycles. The predicted octanol–water partition coefficient (Wildman–Crippen LogP) is 35.0. The zero-order chi connectivity index (χ0) is 101. The molecule has 12 aliphatic rings. The molecule has 0 spiro atoms. The molecule has 7 aliphatic heterocycles. The van der Waals surface area contributed by atoms with Crippen LogP contribution in [0.2, 0.25) is 0 Å². The second-order valence-electron chi connectivity index (χ2n) is 50.6. The minimum absolute atomic E-state index is 0.186. The molecule has 5 aliphatic carbocycles. The molecule has 0 N–H and O–H groups in total. The summed E-state index contributed by atoms with van der Waals surface area (Å²) in [5.74, 6) is 3.80. The monoisotopic (exact) mass is 1930 g/mol. The van der Waals surface area contributed by atoms with E-state index >= 15 is 0 Å². The summed E-state index contributed by atoms with van der Waals surface area (Å²) in [4.78, 5) is 18.7. The van der Waals surface area contributed by atoms with Gasteiger partial charge in [0.25, 0.3) is 0 Å². The van der Waals surface area contributed by atoms with Crippen LogP contribution in [0.3, 0.4) is 0 Å². The number of nitrogens with zero attached hydrogens (tertiary/aromatic N) is 7. The molecule has 0 amide bonds. The van der Waals surface area contributed by atoms with Gasteiger partial charge in [-0.25, -0.2) is 0 Å². The highest BCUT2D eigenvalue weighted by atomic mass is 16.4. The van der Waals surface area contributed by atoms with Gasteiger partial charge < -0.3 is 55.9 Å². The van der Waals surface area contributed by atoms with Crippen molar-refractivity contribution >= 4 is 166 Å². The number of aryl methyl sites for hydroxylation is 6. The van der Waals surface area contributed by atoms with Crippen molar-refractivity contribution in [2.45, 2.75) is 320 Å². The van der Waals surface area contributed by atoms with Crippen LogP contribution in [0, 0.1) is 92.8 Å². The zero-order valence-corrected chi connectivity index (χ0v) is 90.7. The highest BCUT2D eigenvalue weighted by molar-refractivity contribution is 6.15. The first kappa shape index (κ1) is 94.2. The fourth-order valence-electron chi connectivity index (χ4n) is 33.8. The summed E-state index contributed by atoms with van der Waals surface area (Å²) in [6.07, 6.45) is 16.1. The van der Waals surface area contributed by atoms with E-state index in [9.17, 15) is 0 Å². The van der Waals surface area contributed by atoms with Crippen LogP contribution in [0.25, 0.3) is 132 Å². The number of benzene rings is 12. The average Bonchev–Trinajstić information content (AvgIpc) is 1.51. The van der Waals surface area contributed by atoms with Gasteiger partial charge in [-0.1, -0.05) is 237 Å². The lowest BCUT2D eigenvalue weighted by atomic mass is 9.71. The van der Waals surface area contributed by atoms with Crippen molar-refractivity contribution < 1.29 is 26.5 Å². The standard InChI is InChI=1S/C24H29NO.C23H27NO.2C22H25NO.C21H23NO.C20H22N2O/c1-14-11-12-19-18-9-7-8-10-20(18)26-22(19)21(14)25-17(4)23(5)13-24(25,6)16(3)15(23)2;1-14-10-11-18-17-8-6-7-9-19(17)25-21(18)20(14)24-16(3)23(5)13-22(24,4)12-15(23)2;1-14-9-10-17-16-7-5-6-8-18(16)24-20(17)19(14)23-15(2)21(3)11-12-22(23,4)13-21;1-13-9-10-16-15-7-5-6-8-18(15)24-21(16)20(13)23-14(2)17-11-12-19(23)22(17,3)4;1-13-8-9-17-16-6-4-5-7-18(16)23-20(17)19(13)22-14(2)15-10-11-21(22,3)12-15;1-13-8-9-16-15-6-4-5-7-17(15)23-19(16)18(13)22-14(2)21-11-10-20(22,3)12-21/h7-12,15-17H,13H2,1-6H3;6-11,15-16H,12-13H2,1-5H3;5-10,15H,11-13H2,1-4H3;5-10,14,17,19H,11-12H2,1-4H3;4-9,14-15H,10-12H2,1-3H3;4-9,14H,10-12H2,1-3H3/t15?,16?,17-,23?,24?;15?,16-,22?,23?;15-,21?,22?;14-,17?,19?;14-,15?,21?;14-,20?/m000000/s1. The number of rotatable bonds is 6. The van der Waals surface area contributed by atoms with Crippen molar-refractivity contribution in [1.82, 2.24) is 4.90 Å². The van der Waals surface area contributed by atoms with E-state index in [1.807, 2.05) is 6.07 Å². The van der Waals surface area contributed by atoms with Gasteiger partial charge in [0.15, 0.2) is 33.5 Å². The number of hydrogen-bond acceptors (Lipinski definition) is 13. The molecule has 0 radical (unpaired) electrons. The molecule has 7 saturated heterocycles. The number of fused-ring (bicyclic) bond motifs is 30. The van der Waals surface area contributed by atoms with Gasteiger partial charge in [0.1, 0.15) is 33.5 Å². The van der Waals surface area contributed by atoms with Crippen LogP contribution >= 0.6 is 0 Å². The molecule has 21 atom stereocenters. The Morgan fingerprint density at radius 1 is 0.283 bits per heavy atom. The molecule has 30 rings (SSSR count). The van der Waals surface area contributed by atoms with Crippen molar-refractivity contribution in [2.24, 2.45) is 51.2 Å². The second kappa shape index (κ2) is 32.8. The zero-order valence-electron chi connectivity index (χ0n) is 90.7. The molecule has 18 aromatic rings. The van der Waals surface area contributed by atoms with Gasteiger partial charge in [0.2, 0.25) is 0 Å².